The molecular weight excluding hydrogens is 384 g/mol. The first kappa shape index (κ1) is 19.6. The number of carbonyl (C=O) groups excluding carboxylic acids is 2. The minimum atomic E-state index is -0.525. The van der Waals surface area contributed by atoms with Crippen LogP contribution in [0, 0.1) is 0 Å². The largest absolute Gasteiger partial charge is 0.484 e. The Morgan fingerprint density at radius 3 is 2.77 bits per heavy atom. The molecule has 154 valence electrons. The fourth-order valence-electron chi connectivity index (χ4n) is 3.53. The van der Waals surface area contributed by atoms with Crippen LogP contribution in [0.15, 0.2) is 59.1 Å². The lowest BCUT2D eigenvalue weighted by molar-refractivity contribution is -0.138. The average molecular weight is 406 g/mol. The quantitative estimate of drug-likeness (QED) is 0.674. The molecule has 8 nitrogen and oxygen atoms in total. The Labute approximate surface area is 173 Å². The highest BCUT2D eigenvalue weighted by atomic mass is 16.5. The Balaban J connectivity index is 1.50. The lowest BCUT2D eigenvalue weighted by atomic mass is 10.0. The lowest BCUT2D eigenvalue weighted by Crippen LogP contribution is -2.41. The van der Waals surface area contributed by atoms with Gasteiger partial charge in [-0.05, 0) is 43.5 Å². The van der Waals surface area contributed by atoms with Crippen molar-refractivity contribution in [1.82, 2.24) is 15.0 Å². The Kier molecular flexibility index (Phi) is 5.74. The Hall–Kier alpha value is -3.68. The van der Waals surface area contributed by atoms with Crippen LogP contribution in [0.4, 0.5) is 0 Å². The summed E-state index contributed by atoms with van der Waals surface area (Å²) < 4.78 is 11.1. The van der Waals surface area contributed by atoms with E-state index < -0.39 is 5.91 Å². The number of benzene rings is 2. The van der Waals surface area contributed by atoms with Crippen molar-refractivity contribution in [2.24, 2.45) is 5.73 Å². The van der Waals surface area contributed by atoms with Crippen molar-refractivity contribution in [2.75, 3.05) is 13.2 Å². The smallest absolute Gasteiger partial charge is 0.261 e. The maximum Gasteiger partial charge on any atom is 0.261 e. The third kappa shape index (κ3) is 4.32. The van der Waals surface area contributed by atoms with Crippen LogP contribution in [0.3, 0.4) is 0 Å². The van der Waals surface area contributed by atoms with Gasteiger partial charge in [-0.15, -0.1) is 0 Å². The van der Waals surface area contributed by atoms with Gasteiger partial charge in [-0.2, -0.15) is 4.98 Å². The number of hydrogen-bond donors (Lipinski definition) is 1. The Morgan fingerprint density at radius 2 is 1.97 bits per heavy atom. The average Bonchev–Trinajstić information content (AvgIpc) is 3.28. The number of primary amides is 1. The number of nitrogens with zero attached hydrogens (tertiary/aromatic N) is 3. The molecule has 0 radical (unpaired) electrons. The van der Waals surface area contributed by atoms with Crippen LogP contribution in [0.1, 0.15) is 41.6 Å². The molecule has 0 spiro atoms. The summed E-state index contributed by atoms with van der Waals surface area (Å²) in [5.41, 5.74) is 6.34. The van der Waals surface area contributed by atoms with Crippen LogP contribution in [0.2, 0.25) is 0 Å². The van der Waals surface area contributed by atoms with Gasteiger partial charge in [-0.1, -0.05) is 35.5 Å². The second-order valence-electron chi connectivity index (χ2n) is 7.10. The van der Waals surface area contributed by atoms with E-state index in [1.165, 1.54) is 0 Å². The molecular formula is C22H22N4O4. The first-order valence-corrected chi connectivity index (χ1v) is 9.83. The monoisotopic (exact) mass is 406 g/mol. The van der Waals surface area contributed by atoms with Crippen LogP contribution in [-0.4, -0.2) is 40.0 Å². The van der Waals surface area contributed by atoms with Crippen molar-refractivity contribution in [3.05, 3.63) is 66.1 Å². The van der Waals surface area contributed by atoms with Crippen LogP contribution >= 0.6 is 0 Å². The highest BCUT2D eigenvalue weighted by molar-refractivity contribution is 5.93. The van der Waals surface area contributed by atoms with E-state index in [-0.39, 0.29) is 18.6 Å². The van der Waals surface area contributed by atoms with Gasteiger partial charge in [0.05, 0.1) is 0 Å². The molecule has 2 amide bonds. The predicted octanol–water partition coefficient (Wildman–Crippen LogP) is 2.97. The number of likely N-dealkylation sites (tertiary alicyclic amines) is 1. The van der Waals surface area contributed by atoms with Gasteiger partial charge in [0.25, 0.3) is 5.91 Å². The summed E-state index contributed by atoms with van der Waals surface area (Å²) >= 11 is 0. The second kappa shape index (κ2) is 8.77. The molecule has 1 aromatic heterocycles. The molecule has 30 heavy (non-hydrogen) atoms. The van der Waals surface area contributed by atoms with Gasteiger partial charge >= 0.3 is 0 Å². The zero-order valence-corrected chi connectivity index (χ0v) is 16.4. The molecule has 0 unspecified atom stereocenters. The summed E-state index contributed by atoms with van der Waals surface area (Å²) in [6.45, 7) is 0.554. The molecule has 0 bridgehead atoms. The summed E-state index contributed by atoms with van der Waals surface area (Å²) in [5, 5.41) is 4.04. The summed E-state index contributed by atoms with van der Waals surface area (Å²) in [6, 6.07) is 15.7. The number of aromatic nitrogens is 2. The number of hydrogen-bond acceptors (Lipinski definition) is 6. The van der Waals surface area contributed by atoms with E-state index in [4.69, 9.17) is 15.0 Å². The lowest BCUT2D eigenvalue weighted by Gasteiger charge is -2.33. The van der Waals surface area contributed by atoms with E-state index in [1.807, 2.05) is 30.3 Å². The summed E-state index contributed by atoms with van der Waals surface area (Å²) in [4.78, 5) is 30.5. The zero-order valence-electron chi connectivity index (χ0n) is 16.4. The van der Waals surface area contributed by atoms with E-state index in [2.05, 4.69) is 10.1 Å². The van der Waals surface area contributed by atoms with Crippen LogP contribution < -0.4 is 10.5 Å². The SMILES string of the molecule is NC(=O)c1cccc(-c2noc([C@H]3CCCCN3C(=O)COc3ccccc3)n2)c1. The summed E-state index contributed by atoms with van der Waals surface area (Å²) in [5.74, 6) is 0.727. The van der Waals surface area contributed by atoms with E-state index in [9.17, 15) is 9.59 Å². The molecule has 1 fully saturated rings. The molecule has 1 aliphatic heterocycles. The van der Waals surface area contributed by atoms with Crippen molar-refractivity contribution >= 4 is 11.8 Å². The van der Waals surface area contributed by atoms with Crippen molar-refractivity contribution in [1.29, 1.82) is 0 Å². The normalized spacial score (nSPS) is 16.3. The van der Waals surface area contributed by atoms with Crippen molar-refractivity contribution in [2.45, 2.75) is 25.3 Å². The Morgan fingerprint density at radius 1 is 1.13 bits per heavy atom. The van der Waals surface area contributed by atoms with Gasteiger partial charge in [0.1, 0.15) is 11.8 Å². The Bertz CT molecular complexity index is 1030. The first-order valence-electron chi connectivity index (χ1n) is 9.83. The summed E-state index contributed by atoms with van der Waals surface area (Å²) in [6.07, 6.45) is 2.61. The van der Waals surface area contributed by atoms with E-state index in [1.54, 1.807) is 29.2 Å². The molecule has 0 saturated carbocycles. The van der Waals surface area contributed by atoms with E-state index in [0.29, 0.717) is 35.1 Å². The van der Waals surface area contributed by atoms with Crippen LogP contribution in [-0.2, 0) is 4.79 Å². The summed E-state index contributed by atoms with van der Waals surface area (Å²) in [7, 11) is 0. The van der Waals surface area contributed by atoms with Gasteiger partial charge in [0, 0.05) is 17.7 Å². The third-order valence-corrected chi connectivity index (χ3v) is 5.06. The topological polar surface area (TPSA) is 112 Å². The third-order valence-electron chi connectivity index (χ3n) is 5.06. The minimum Gasteiger partial charge on any atom is -0.484 e. The highest BCUT2D eigenvalue weighted by Gasteiger charge is 2.32. The first-order chi connectivity index (χ1) is 14.6. The number of para-hydroxylation sites is 1. The van der Waals surface area contributed by atoms with Gasteiger partial charge in [-0.25, -0.2) is 0 Å². The molecule has 2 N–H and O–H groups in total. The fourth-order valence-corrected chi connectivity index (χ4v) is 3.53. The number of amides is 2. The van der Waals surface area contributed by atoms with Gasteiger partial charge in [0.2, 0.25) is 17.6 Å². The van der Waals surface area contributed by atoms with Crippen molar-refractivity contribution in [3.8, 4) is 17.1 Å². The molecule has 2 aromatic carbocycles. The zero-order chi connectivity index (χ0) is 20.9. The van der Waals surface area contributed by atoms with E-state index in [0.717, 1.165) is 19.3 Å². The highest BCUT2D eigenvalue weighted by Crippen LogP contribution is 2.31. The molecule has 4 rings (SSSR count). The fraction of sp³-hybridized carbons (Fsp3) is 0.273. The maximum atomic E-state index is 12.8. The predicted molar refractivity (Wildman–Crippen MR) is 108 cm³/mol. The van der Waals surface area contributed by atoms with Gasteiger partial charge in [0.15, 0.2) is 6.61 Å². The van der Waals surface area contributed by atoms with Gasteiger partial charge < -0.3 is 19.9 Å². The van der Waals surface area contributed by atoms with Gasteiger partial charge in [-0.3, -0.25) is 9.59 Å². The number of nitrogens with two attached hydrogens (primary N) is 1. The molecule has 2 heterocycles. The number of rotatable bonds is 6. The second-order valence-corrected chi connectivity index (χ2v) is 7.10. The van der Waals surface area contributed by atoms with Crippen molar-refractivity contribution in [3.63, 3.8) is 0 Å². The van der Waals surface area contributed by atoms with Crippen LogP contribution in [0.25, 0.3) is 11.4 Å². The minimum absolute atomic E-state index is 0.0534. The number of ether oxygens (including phenoxy) is 1. The molecule has 1 saturated heterocycles. The van der Waals surface area contributed by atoms with Crippen molar-refractivity contribution < 1.29 is 18.8 Å². The maximum absolute atomic E-state index is 12.8. The molecule has 3 aromatic rings. The standard InChI is InChI=1S/C22H22N4O4/c23-20(28)15-7-6-8-16(13-15)21-24-22(30-25-21)18-11-4-5-12-26(18)19(27)14-29-17-9-2-1-3-10-17/h1-3,6-10,13,18H,4-5,11-12,14H2,(H2,23,28)/t18-/m1/s1. The number of piperidine rings is 1. The molecule has 0 aliphatic carbocycles. The molecule has 1 aliphatic rings. The molecule has 1 atom stereocenters. The van der Waals surface area contributed by atoms with Crippen LogP contribution in [0.5, 0.6) is 5.75 Å². The number of carbonyl (C=O) groups is 2. The molecule has 8 heteroatoms. The van der Waals surface area contributed by atoms with E-state index >= 15 is 0 Å².